The van der Waals surface area contributed by atoms with Crippen LogP contribution in [0.3, 0.4) is 0 Å². The van der Waals surface area contributed by atoms with Crippen molar-refractivity contribution in [3.8, 4) is 0 Å². The molecule has 0 aliphatic rings. The fourth-order valence-electron chi connectivity index (χ4n) is 2.50. The molecule has 0 spiro atoms. The SMILES string of the molecule is CCCCCCCCCCCC(C)(CC)C(=O)OC. The van der Waals surface area contributed by atoms with E-state index < -0.39 is 0 Å². The van der Waals surface area contributed by atoms with Crippen LogP contribution in [0.5, 0.6) is 0 Å². The van der Waals surface area contributed by atoms with Crippen LogP contribution in [0.15, 0.2) is 0 Å². The number of unbranched alkanes of at least 4 members (excludes halogenated alkanes) is 8. The van der Waals surface area contributed by atoms with Gasteiger partial charge in [-0.15, -0.1) is 0 Å². The third kappa shape index (κ3) is 8.28. The summed E-state index contributed by atoms with van der Waals surface area (Å²) in [4.78, 5) is 11.7. The summed E-state index contributed by atoms with van der Waals surface area (Å²) in [5, 5.41) is 0. The third-order valence-corrected chi connectivity index (χ3v) is 4.29. The van der Waals surface area contributed by atoms with Crippen LogP contribution < -0.4 is 0 Å². The smallest absolute Gasteiger partial charge is 0.311 e. The van der Waals surface area contributed by atoms with E-state index in [1.54, 1.807) is 0 Å². The molecule has 0 radical (unpaired) electrons. The highest BCUT2D eigenvalue weighted by Gasteiger charge is 2.31. The molecule has 0 aromatic heterocycles. The van der Waals surface area contributed by atoms with E-state index in [0.29, 0.717) is 0 Å². The molecule has 0 saturated heterocycles. The second-order valence-electron chi connectivity index (χ2n) is 5.98. The molecule has 0 bridgehead atoms. The standard InChI is InChI=1S/C17H34O2/c1-5-7-8-9-10-11-12-13-14-15-17(3,6-2)16(18)19-4/h5-15H2,1-4H3. The number of carbonyl (C=O) groups is 1. The van der Waals surface area contributed by atoms with Crippen LogP contribution >= 0.6 is 0 Å². The van der Waals surface area contributed by atoms with E-state index in [2.05, 4.69) is 13.8 Å². The highest BCUT2D eigenvalue weighted by molar-refractivity contribution is 5.76. The van der Waals surface area contributed by atoms with Gasteiger partial charge in [-0.05, 0) is 19.8 Å². The normalized spacial score (nSPS) is 14.1. The number of hydrogen-bond acceptors (Lipinski definition) is 2. The second-order valence-corrected chi connectivity index (χ2v) is 5.98. The molecule has 0 aliphatic carbocycles. The predicted octanol–water partition coefficient (Wildman–Crippen LogP) is 5.50. The van der Waals surface area contributed by atoms with E-state index in [4.69, 9.17) is 4.74 Å². The Morgan fingerprint density at radius 3 is 1.79 bits per heavy atom. The quantitative estimate of drug-likeness (QED) is 0.346. The van der Waals surface area contributed by atoms with Crippen molar-refractivity contribution in [3.63, 3.8) is 0 Å². The number of hydrogen-bond donors (Lipinski definition) is 0. The van der Waals surface area contributed by atoms with Crippen LogP contribution in [-0.4, -0.2) is 13.1 Å². The lowest BCUT2D eigenvalue weighted by molar-refractivity contribution is -0.152. The van der Waals surface area contributed by atoms with E-state index in [-0.39, 0.29) is 11.4 Å². The number of rotatable bonds is 12. The zero-order valence-corrected chi connectivity index (χ0v) is 13.6. The summed E-state index contributed by atoms with van der Waals surface area (Å²) in [7, 11) is 1.49. The van der Waals surface area contributed by atoms with Crippen LogP contribution in [0.4, 0.5) is 0 Å². The van der Waals surface area contributed by atoms with Gasteiger partial charge in [0.05, 0.1) is 12.5 Å². The van der Waals surface area contributed by atoms with Gasteiger partial charge in [-0.3, -0.25) is 4.79 Å². The molecule has 0 saturated carbocycles. The van der Waals surface area contributed by atoms with Crippen molar-refractivity contribution in [2.75, 3.05) is 7.11 Å². The van der Waals surface area contributed by atoms with Crippen LogP contribution in [0.2, 0.25) is 0 Å². The van der Waals surface area contributed by atoms with Gasteiger partial charge < -0.3 is 4.74 Å². The van der Waals surface area contributed by atoms with E-state index in [0.717, 1.165) is 19.3 Å². The van der Waals surface area contributed by atoms with Crippen molar-refractivity contribution in [2.24, 2.45) is 5.41 Å². The van der Waals surface area contributed by atoms with Gasteiger partial charge in [0, 0.05) is 0 Å². The minimum atomic E-state index is -0.268. The molecular formula is C17H34O2. The van der Waals surface area contributed by atoms with E-state index in [1.165, 1.54) is 58.5 Å². The number of esters is 1. The molecule has 114 valence electrons. The summed E-state index contributed by atoms with van der Waals surface area (Å²) in [6.07, 6.45) is 13.8. The molecule has 19 heavy (non-hydrogen) atoms. The van der Waals surface area contributed by atoms with E-state index >= 15 is 0 Å². The molecule has 2 nitrogen and oxygen atoms in total. The minimum absolute atomic E-state index is 0.0467. The fourth-order valence-corrected chi connectivity index (χ4v) is 2.50. The monoisotopic (exact) mass is 270 g/mol. The molecule has 0 heterocycles. The molecule has 0 fully saturated rings. The molecule has 0 N–H and O–H groups in total. The lowest BCUT2D eigenvalue weighted by atomic mass is 9.82. The average Bonchev–Trinajstić information content (AvgIpc) is 2.44. The molecule has 1 atom stereocenters. The second kappa shape index (κ2) is 11.3. The number of carbonyl (C=O) groups excluding carboxylic acids is 1. The Kier molecular flexibility index (Phi) is 11.0. The first-order chi connectivity index (χ1) is 9.10. The Morgan fingerprint density at radius 2 is 1.37 bits per heavy atom. The van der Waals surface area contributed by atoms with Crippen LogP contribution in [-0.2, 0) is 9.53 Å². The predicted molar refractivity (Wildman–Crippen MR) is 82.3 cm³/mol. The van der Waals surface area contributed by atoms with Gasteiger partial charge in [-0.25, -0.2) is 0 Å². The average molecular weight is 270 g/mol. The summed E-state index contributed by atoms with van der Waals surface area (Å²) >= 11 is 0. The topological polar surface area (TPSA) is 26.3 Å². The van der Waals surface area contributed by atoms with Crippen molar-refractivity contribution >= 4 is 5.97 Å². The Labute approximate surface area is 120 Å². The molecule has 1 unspecified atom stereocenters. The highest BCUT2D eigenvalue weighted by atomic mass is 16.5. The molecule has 2 heteroatoms. The van der Waals surface area contributed by atoms with Crippen molar-refractivity contribution < 1.29 is 9.53 Å². The van der Waals surface area contributed by atoms with Gasteiger partial charge in [0.25, 0.3) is 0 Å². The molecule has 0 amide bonds. The molecule has 0 aromatic carbocycles. The van der Waals surface area contributed by atoms with Gasteiger partial charge in [0.1, 0.15) is 0 Å². The van der Waals surface area contributed by atoms with Crippen molar-refractivity contribution in [1.82, 2.24) is 0 Å². The van der Waals surface area contributed by atoms with Crippen molar-refractivity contribution in [1.29, 1.82) is 0 Å². The first-order valence-corrected chi connectivity index (χ1v) is 8.19. The maximum atomic E-state index is 11.7. The summed E-state index contributed by atoms with van der Waals surface area (Å²) in [6.45, 7) is 6.36. The van der Waals surface area contributed by atoms with Gasteiger partial charge in [0.15, 0.2) is 0 Å². The maximum Gasteiger partial charge on any atom is 0.311 e. The lowest BCUT2D eigenvalue weighted by Gasteiger charge is -2.24. The van der Waals surface area contributed by atoms with Crippen LogP contribution in [0, 0.1) is 5.41 Å². The largest absolute Gasteiger partial charge is 0.469 e. The summed E-state index contributed by atoms with van der Waals surface area (Å²) < 4.78 is 4.90. The number of ether oxygens (including phenoxy) is 1. The molecular weight excluding hydrogens is 236 g/mol. The van der Waals surface area contributed by atoms with Crippen molar-refractivity contribution in [3.05, 3.63) is 0 Å². The third-order valence-electron chi connectivity index (χ3n) is 4.29. The highest BCUT2D eigenvalue weighted by Crippen LogP contribution is 2.30. The van der Waals surface area contributed by atoms with E-state index in [1.807, 2.05) is 6.92 Å². The summed E-state index contributed by atoms with van der Waals surface area (Å²) in [6, 6.07) is 0. The zero-order chi connectivity index (χ0) is 14.6. The van der Waals surface area contributed by atoms with Gasteiger partial charge in [0.2, 0.25) is 0 Å². The molecule has 0 aromatic rings. The molecule has 0 aliphatic heterocycles. The van der Waals surface area contributed by atoms with Gasteiger partial charge >= 0.3 is 5.97 Å². The van der Waals surface area contributed by atoms with Gasteiger partial charge in [-0.1, -0.05) is 71.6 Å². The Morgan fingerprint density at radius 1 is 0.895 bits per heavy atom. The lowest BCUT2D eigenvalue weighted by Crippen LogP contribution is -2.28. The minimum Gasteiger partial charge on any atom is -0.469 e. The Balaban J connectivity index is 3.54. The van der Waals surface area contributed by atoms with Gasteiger partial charge in [-0.2, -0.15) is 0 Å². The Hall–Kier alpha value is -0.530. The number of methoxy groups -OCH3 is 1. The van der Waals surface area contributed by atoms with E-state index in [9.17, 15) is 4.79 Å². The van der Waals surface area contributed by atoms with Crippen molar-refractivity contribution in [2.45, 2.75) is 91.4 Å². The van der Waals surface area contributed by atoms with Crippen LogP contribution in [0.1, 0.15) is 91.4 Å². The molecule has 0 rings (SSSR count). The zero-order valence-electron chi connectivity index (χ0n) is 13.6. The summed E-state index contributed by atoms with van der Waals surface area (Å²) in [5.41, 5.74) is -0.268. The first-order valence-electron chi connectivity index (χ1n) is 8.19. The Bertz CT molecular complexity index is 225. The summed E-state index contributed by atoms with van der Waals surface area (Å²) in [5.74, 6) is -0.0467. The fraction of sp³-hybridized carbons (Fsp3) is 0.941. The maximum absolute atomic E-state index is 11.7. The first kappa shape index (κ1) is 18.5. The van der Waals surface area contributed by atoms with Crippen LogP contribution in [0.25, 0.3) is 0 Å².